The van der Waals surface area contributed by atoms with Crippen LogP contribution < -0.4 is 5.56 Å². The van der Waals surface area contributed by atoms with Crippen molar-refractivity contribution < 1.29 is 14.3 Å². The Kier molecular flexibility index (Phi) is 4.85. The summed E-state index contributed by atoms with van der Waals surface area (Å²) < 4.78 is 7.22. The molecular formula is C21H17N3O4S. The molecule has 0 saturated heterocycles. The van der Waals surface area contributed by atoms with Gasteiger partial charge in [-0.2, -0.15) is 0 Å². The number of H-pyrrole nitrogens is 1. The quantitative estimate of drug-likeness (QED) is 0.403. The van der Waals surface area contributed by atoms with Crippen LogP contribution in [0.5, 0.6) is 0 Å². The number of carbonyl (C=O) groups excluding carboxylic acids is 2. The lowest BCUT2D eigenvalue weighted by molar-refractivity contribution is 0.0462. The summed E-state index contributed by atoms with van der Waals surface area (Å²) in [6, 6.07) is 10.8. The summed E-state index contributed by atoms with van der Waals surface area (Å²) in [5.74, 6) is -0.400. The van der Waals surface area contributed by atoms with Crippen molar-refractivity contribution in [2.45, 2.75) is 20.5 Å². The van der Waals surface area contributed by atoms with E-state index in [4.69, 9.17) is 4.74 Å². The van der Waals surface area contributed by atoms with Gasteiger partial charge in [0.05, 0.1) is 15.8 Å². The lowest BCUT2D eigenvalue weighted by Gasteiger charge is -2.07. The van der Waals surface area contributed by atoms with Crippen LogP contribution in [-0.2, 0) is 11.3 Å². The van der Waals surface area contributed by atoms with Gasteiger partial charge in [0, 0.05) is 18.1 Å². The van der Waals surface area contributed by atoms with E-state index < -0.39 is 5.97 Å². The smallest absolute Gasteiger partial charge is 0.338 e. The van der Waals surface area contributed by atoms with Crippen LogP contribution in [0.4, 0.5) is 0 Å². The highest BCUT2D eigenvalue weighted by molar-refractivity contribution is 7.20. The molecule has 3 aromatic heterocycles. The Hall–Kier alpha value is -3.52. The average molecular weight is 407 g/mol. The fraction of sp³-hybridized carbons (Fsp3) is 0.143. The fourth-order valence-corrected chi connectivity index (χ4v) is 4.21. The van der Waals surface area contributed by atoms with Gasteiger partial charge in [-0.25, -0.2) is 9.78 Å². The molecule has 0 aliphatic heterocycles. The lowest BCUT2D eigenvalue weighted by atomic mass is 10.2. The van der Waals surface area contributed by atoms with E-state index in [0.29, 0.717) is 26.2 Å². The van der Waals surface area contributed by atoms with Gasteiger partial charge in [-0.3, -0.25) is 9.59 Å². The summed E-state index contributed by atoms with van der Waals surface area (Å²) in [6.07, 6.45) is 3.76. The van der Waals surface area contributed by atoms with Crippen molar-refractivity contribution >= 4 is 33.3 Å². The first-order chi connectivity index (χ1) is 13.9. The number of rotatable bonds is 5. The maximum Gasteiger partial charge on any atom is 0.338 e. The Labute approximate surface area is 169 Å². The highest BCUT2D eigenvalue weighted by atomic mass is 32.1. The molecule has 1 aromatic carbocycles. The molecule has 1 N–H and O–H groups in total. The summed E-state index contributed by atoms with van der Waals surface area (Å²) in [5.41, 5.74) is 1.50. The number of hydrogen-bond acceptors (Lipinski definition) is 6. The van der Waals surface area contributed by atoms with E-state index in [-0.39, 0.29) is 23.8 Å². The maximum absolute atomic E-state index is 12.4. The number of nitrogens with zero attached hydrogens (tertiary/aromatic N) is 2. The number of carbonyl (C=O) groups is 2. The highest BCUT2D eigenvalue weighted by Gasteiger charge is 2.17. The molecule has 0 fully saturated rings. The number of aromatic nitrogens is 3. The Morgan fingerprint density at radius 1 is 1.21 bits per heavy atom. The highest BCUT2D eigenvalue weighted by Crippen LogP contribution is 2.27. The summed E-state index contributed by atoms with van der Waals surface area (Å²) in [4.78, 5) is 44.5. The van der Waals surface area contributed by atoms with Gasteiger partial charge in [-0.15, -0.1) is 11.3 Å². The minimum atomic E-state index is -0.520. The SMILES string of the molecule is CC(=O)c1sc2nc(COC(=O)c3cccc(-n4cccc4)c3)[nH]c(=O)c2c1C. The van der Waals surface area contributed by atoms with Gasteiger partial charge in [0.15, 0.2) is 5.78 Å². The lowest BCUT2D eigenvalue weighted by Crippen LogP contribution is -2.14. The minimum Gasteiger partial charge on any atom is -0.454 e. The molecular weight excluding hydrogens is 390 g/mol. The van der Waals surface area contributed by atoms with Crippen LogP contribution in [0.1, 0.15) is 38.3 Å². The number of ketones is 1. The molecule has 4 rings (SSSR count). The second-order valence-electron chi connectivity index (χ2n) is 6.52. The zero-order valence-corrected chi connectivity index (χ0v) is 16.6. The van der Waals surface area contributed by atoms with Gasteiger partial charge in [0.25, 0.3) is 5.56 Å². The third-order valence-corrected chi connectivity index (χ3v) is 5.78. The fourth-order valence-electron chi connectivity index (χ4n) is 3.11. The molecule has 0 spiro atoms. The van der Waals surface area contributed by atoms with Crippen LogP contribution in [0, 0.1) is 6.92 Å². The first-order valence-corrected chi connectivity index (χ1v) is 9.69. The molecule has 4 aromatic rings. The number of aryl methyl sites for hydroxylation is 1. The van der Waals surface area contributed by atoms with E-state index in [0.717, 1.165) is 5.69 Å². The van der Waals surface area contributed by atoms with Gasteiger partial charge >= 0.3 is 5.97 Å². The van der Waals surface area contributed by atoms with Crippen LogP contribution in [0.2, 0.25) is 0 Å². The zero-order valence-electron chi connectivity index (χ0n) is 15.8. The van der Waals surface area contributed by atoms with Gasteiger partial charge in [-0.05, 0) is 49.7 Å². The minimum absolute atomic E-state index is 0.111. The number of thiophene rings is 1. The third-order valence-electron chi connectivity index (χ3n) is 4.49. The number of aromatic amines is 1. The van der Waals surface area contributed by atoms with Gasteiger partial charge in [0.1, 0.15) is 17.3 Å². The summed E-state index contributed by atoms with van der Waals surface area (Å²) >= 11 is 1.17. The summed E-state index contributed by atoms with van der Waals surface area (Å²) in [7, 11) is 0. The predicted molar refractivity (Wildman–Crippen MR) is 110 cm³/mol. The number of ether oxygens (including phenoxy) is 1. The van der Waals surface area contributed by atoms with Gasteiger partial charge in [-0.1, -0.05) is 6.07 Å². The molecule has 8 heteroatoms. The predicted octanol–water partition coefficient (Wildman–Crippen LogP) is 3.64. The van der Waals surface area contributed by atoms with Crippen molar-refractivity contribution in [1.29, 1.82) is 0 Å². The molecule has 29 heavy (non-hydrogen) atoms. The second kappa shape index (κ2) is 7.48. The third kappa shape index (κ3) is 3.62. The van der Waals surface area contributed by atoms with Crippen molar-refractivity contribution in [3.05, 3.63) is 81.0 Å². The van der Waals surface area contributed by atoms with E-state index in [2.05, 4.69) is 9.97 Å². The number of nitrogens with one attached hydrogen (secondary N) is 1. The second-order valence-corrected chi connectivity index (χ2v) is 7.52. The van der Waals surface area contributed by atoms with E-state index >= 15 is 0 Å². The standard InChI is InChI=1S/C21H17N3O4S/c1-12-17-19(26)22-16(23-20(17)29-18(12)13(2)25)11-28-21(27)14-6-5-7-15(10-14)24-8-3-4-9-24/h3-10H,11H2,1-2H3,(H,22,23,26). The molecule has 0 radical (unpaired) electrons. The van der Waals surface area contributed by atoms with Crippen molar-refractivity contribution in [3.8, 4) is 5.69 Å². The number of fused-ring (bicyclic) bond motifs is 1. The molecule has 0 unspecified atom stereocenters. The Morgan fingerprint density at radius 3 is 2.69 bits per heavy atom. The van der Waals surface area contributed by atoms with Crippen LogP contribution in [0.15, 0.2) is 53.6 Å². The Morgan fingerprint density at radius 2 is 1.97 bits per heavy atom. The van der Waals surface area contributed by atoms with Gasteiger partial charge in [0.2, 0.25) is 0 Å². The van der Waals surface area contributed by atoms with E-state index in [1.54, 1.807) is 25.1 Å². The average Bonchev–Trinajstić information content (AvgIpc) is 3.35. The molecule has 3 heterocycles. The van der Waals surface area contributed by atoms with Crippen molar-refractivity contribution in [1.82, 2.24) is 14.5 Å². The zero-order chi connectivity index (χ0) is 20.5. The molecule has 0 bridgehead atoms. The largest absolute Gasteiger partial charge is 0.454 e. The maximum atomic E-state index is 12.4. The monoisotopic (exact) mass is 407 g/mol. The molecule has 0 atom stereocenters. The van der Waals surface area contributed by atoms with Crippen molar-refractivity contribution in [2.75, 3.05) is 0 Å². The molecule has 146 valence electrons. The first kappa shape index (κ1) is 18.8. The number of hydrogen-bond donors (Lipinski definition) is 1. The van der Waals surface area contributed by atoms with E-state index in [9.17, 15) is 14.4 Å². The molecule has 0 amide bonds. The normalized spacial score (nSPS) is 11.0. The molecule has 0 saturated carbocycles. The Bertz CT molecular complexity index is 1290. The summed E-state index contributed by atoms with van der Waals surface area (Å²) in [5, 5.41) is 0.398. The first-order valence-electron chi connectivity index (χ1n) is 8.88. The molecule has 0 aliphatic rings. The number of esters is 1. The van der Waals surface area contributed by atoms with Crippen LogP contribution in [0.3, 0.4) is 0 Å². The molecule has 0 aliphatic carbocycles. The van der Waals surface area contributed by atoms with Crippen LogP contribution in [-0.4, -0.2) is 26.3 Å². The summed E-state index contributed by atoms with van der Waals surface area (Å²) in [6.45, 7) is 3.00. The Balaban J connectivity index is 1.55. The van der Waals surface area contributed by atoms with Crippen LogP contribution >= 0.6 is 11.3 Å². The van der Waals surface area contributed by atoms with Gasteiger partial charge < -0.3 is 14.3 Å². The van der Waals surface area contributed by atoms with Crippen molar-refractivity contribution in [3.63, 3.8) is 0 Å². The topological polar surface area (TPSA) is 94.0 Å². The van der Waals surface area contributed by atoms with E-state index in [1.807, 2.05) is 35.2 Å². The molecule has 7 nitrogen and oxygen atoms in total. The number of Topliss-reactive ketones (excluding diaryl/α,β-unsaturated/α-hetero) is 1. The number of benzene rings is 1. The van der Waals surface area contributed by atoms with Crippen LogP contribution in [0.25, 0.3) is 15.9 Å². The van der Waals surface area contributed by atoms with E-state index in [1.165, 1.54) is 18.3 Å². The van der Waals surface area contributed by atoms with Crippen molar-refractivity contribution in [2.24, 2.45) is 0 Å².